The number of nitrogens with one attached hydrogen (secondary N) is 2. The summed E-state index contributed by atoms with van der Waals surface area (Å²) in [5.41, 5.74) is 0.814. The van der Waals surface area contributed by atoms with Gasteiger partial charge in [-0.05, 0) is 17.7 Å². The summed E-state index contributed by atoms with van der Waals surface area (Å²) in [5.74, 6) is -2.32. The normalized spacial score (nSPS) is 11.1. The van der Waals surface area contributed by atoms with Crippen LogP contribution in [-0.2, 0) is 30.5 Å². The number of carboxylic acids is 1. The third kappa shape index (κ3) is 9.75. The van der Waals surface area contributed by atoms with Crippen molar-refractivity contribution in [3.63, 3.8) is 0 Å². The van der Waals surface area contributed by atoms with Crippen molar-refractivity contribution in [2.75, 3.05) is 13.2 Å². The SMILES string of the molecule is O=C(O)CCC(=O)NC(CCOc1ccccc1)C(=O)NCC(=O)OCc1ccccc1. The van der Waals surface area contributed by atoms with Gasteiger partial charge >= 0.3 is 11.9 Å². The van der Waals surface area contributed by atoms with Crippen molar-refractivity contribution in [1.29, 1.82) is 0 Å². The first-order valence-corrected chi connectivity index (χ1v) is 10.1. The molecule has 0 heterocycles. The summed E-state index contributed by atoms with van der Waals surface area (Å²) < 4.78 is 10.7. The third-order valence-electron chi connectivity index (χ3n) is 4.29. The Hall–Kier alpha value is -3.88. The number of ether oxygens (including phenoxy) is 2. The molecule has 0 aliphatic carbocycles. The molecule has 0 saturated carbocycles. The molecule has 0 saturated heterocycles. The number of benzene rings is 2. The summed E-state index contributed by atoms with van der Waals surface area (Å²) in [7, 11) is 0. The molecule has 0 aliphatic heterocycles. The van der Waals surface area contributed by atoms with Gasteiger partial charge in [-0.3, -0.25) is 19.2 Å². The summed E-state index contributed by atoms with van der Waals surface area (Å²) in [5, 5.41) is 13.7. The third-order valence-corrected chi connectivity index (χ3v) is 4.29. The highest BCUT2D eigenvalue weighted by Crippen LogP contribution is 2.09. The number of para-hydroxylation sites is 1. The Morgan fingerprint density at radius 1 is 0.906 bits per heavy atom. The molecule has 2 rings (SSSR count). The molecule has 9 heteroatoms. The maximum atomic E-state index is 12.5. The van der Waals surface area contributed by atoms with Gasteiger partial charge in [0.1, 0.15) is 24.9 Å². The number of esters is 1. The van der Waals surface area contributed by atoms with E-state index in [0.717, 1.165) is 5.56 Å². The molecule has 3 N–H and O–H groups in total. The van der Waals surface area contributed by atoms with E-state index in [2.05, 4.69) is 10.6 Å². The number of hydrogen-bond donors (Lipinski definition) is 3. The first kappa shape index (κ1) is 24.4. The lowest BCUT2D eigenvalue weighted by molar-refractivity contribution is -0.145. The van der Waals surface area contributed by atoms with E-state index in [0.29, 0.717) is 5.75 Å². The van der Waals surface area contributed by atoms with Gasteiger partial charge in [-0.25, -0.2) is 0 Å². The Balaban J connectivity index is 1.84. The van der Waals surface area contributed by atoms with Gasteiger partial charge in [0.05, 0.1) is 13.0 Å². The lowest BCUT2D eigenvalue weighted by Gasteiger charge is -2.18. The Labute approximate surface area is 185 Å². The number of carbonyl (C=O) groups is 4. The molecule has 0 fully saturated rings. The van der Waals surface area contributed by atoms with Crippen molar-refractivity contribution in [1.82, 2.24) is 10.6 Å². The molecule has 2 amide bonds. The van der Waals surface area contributed by atoms with Crippen molar-refractivity contribution in [2.24, 2.45) is 0 Å². The molecule has 1 atom stereocenters. The Kier molecular flexibility index (Phi) is 10.2. The van der Waals surface area contributed by atoms with Crippen LogP contribution in [0.1, 0.15) is 24.8 Å². The maximum absolute atomic E-state index is 12.5. The quantitative estimate of drug-likeness (QED) is 0.402. The molecule has 0 spiro atoms. The van der Waals surface area contributed by atoms with E-state index in [1.807, 2.05) is 24.3 Å². The van der Waals surface area contributed by atoms with Crippen LogP contribution in [0.4, 0.5) is 0 Å². The fourth-order valence-corrected chi connectivity index (χ4v) is 2.64. The van der Waals surface area contributed by atoms with Crippen LogP contribution in [0.15, 0.2) is 60.7 Å². The van der Waals surface area contributed by atoms with Crippen LogP contribution < -0.4 is 15.4 Å². The van der Waals surface area contributed by atoms with Crippen molar-refractivity contribution in [2.45, 2.75) is 31.9 Å². The molecule has 9 nitrogen and oxygen atoms in total. The van der Waals surface area contributed by atoms with Gasteiger partial charge in [-0.2, -0.15) is 0 Å². The molecule has 32 heavy (non-hydrogen) atoms. The zero-order valence-corrected chi connectivity index (χ0v) is 17.5. The number of carbonyl (C=O) groups excluding carboxylic acids is 3. The smallest absolute Gasteiger partial charge is 0.325 e. The van der Waals surface area contributed by atoms with Crippen molar-refractivity contribution in [3.05, 3.63) is 66.2 Å². The highest BCUT2D eigenvalue weighted by Gasteiger charge is 2.22. The van der Waals surface area contributed by atoms with E-state index in [9.17, 15) is 19.2 Å². The highest BCUT2D eigenvalue weighted by atomic mass is 16.5. The minimum Gasteiger partial charge on any atom is -0.494 e. The summed E-state index contributed by atoms with van der Waals surface area (Å²) in [4.78, 5) is 47.1. The number of carboxylic acid groups (broad SMARTS) is 1. The van der Waals surface area contributed by atoms with Crippen LogP contribution >= 0.6 is 0 Å². The van der Waals surface area contributed by atoms with Crippen LogP contribution in [0.3, 0.4) is 0 Å². The zero-order chi connectivity index (χ0) is 23.2. The monoisotopic (exact) mass is 442 g/mol. The number of amides is 2. The summed E-state index contributed by atoms with van der Waals surface area (Å²) in [6.45, 7) is -0.164. The highest BCUT2D eigenvalue weighted by molar-refractivity contribution is 5.90. The van der Waals surface area contributed by atoms with Gasteiger partial charge in [0, 0.05) is 12.8 Å². The minimum atomic E-state index is -1.12. The molecule has 2 aromatic rings. The fourth-order valence-electron chi connectivity index (χ4n) is 2.64. The molecular weight excluding hydrogens is 416 g/mol. The molecule has 0 aliphatic rings. The molecule has 0 radical (unpaired) electrons. The van der Waals surface area contributed by atoms with E-state index in [1.54, 1.807) is 36.4 Å². The van der Waals surface area contributed by atoms with Crippen LogP contribution in [0.25, 0.3) is 0 Å². The summed E-state index contributed by atoms with van der Waals surface area (Å²) >= 11 is 0. The van der Waals surface area contributed by atoms with Gasteiger partial charge in [-0.1, -0.05) is 48.5 Å². The van der Waals surface area contributed by atoms with E-state index in [4.69, 9.17) is 14.6 Å². The average Bonchev–Trinajstić information content (AvgIpc) is 2.80. The fraction of sp³-hybridized carbons (Fsp3) is 0.304. The van der Waals surface area contributed by atoms with Gasteiger partial charge in [-0.15, -0.1) is 0 Å². The second-order valence-electron chi connectivity index (χ2n) is 6.83. The first-order chi connectivity index (χ1) is 15.4. The number of aliphatic carboxylic acids is 1. The van der Waals surface area contributed by atoms with Crippen LogP contribution in [0, 0.1) is 0 Å². The Bertz CT molecular complexity index is 888. The number of hydrogen-bond acceptors (Lipinski definition) is 6. The van der Waals surface area contributed by atoms with E-state index in [-0.39, 0.29) is 39.0 Å². The molecule has 0 aromatic heterocycles. The molecule has 0 bridgehead atoms. The summed E-state index contributed by atoms with van der Waals surface area (Å²) in [6, 6.07) is 17.0. The van der Waals surface area contributed by atoms with E-state index < -0.39 is 29.8 Å². The van der Waals surface area contributed by atoms with Gasteiger partial charge in [0.15, 0.2) is 0 Å². The van der Waals surface area contributed by atoms with Gasteiger partial charge in [0.25, 0.3) is 0 Å². The van der Waals surface area contributed by atoms with Crippen LogP contribution in [-0.4, -0.2) is 48.1 Å². The standard InChI is InChI=1S/C23H26N2O7/c26-20(11-12-21(27)28)25-19(13-14-31-18-9-5-2-6-10-18)23(30)24-15-22(29)32-16-17-7-3-1-4-8-17/h1-10,19H,11-16H2,(H,24,30)(H,25,26)(H,27,28). The molecule has 2 aromatic carbocycles. The second-order valence-corrected chi connectivity index (χ2v) is 6.83. The van der Waals surface area contributed by atoms with Gasteiger partial charge in [0.2, 0.25) is 11.8 Å². The lowest BCUT2D eigenvalue weighted by atomic mass is 10.1. The van der Waals surface area contributed by atoms with Crippen LogP contribution in [0.2, 0.25) is 0 Å². The van der Waals surface area contributed by atoms with E-state index in [1.165, 1.54) is 0 Å². The summed E-state index contributed by atoms with van der Waals surface area (Å²) in [6.07, 6.45) is -0.497. The van der Waals surface area contributed by atoms with Crippen molar-refractivity contribution in [3.8, 4) is 5.75 Å². The first-order valence-electron chi connectivity index (χ1n) is 10.1. The Morgan fingerprint density at radius 2 is 1.56 bits per heavy atom. The van der Waals surface area contributed by atoms with E-state index >= 15 is 0 Å². The Morgan fingerprint density at radius 3 is 2.22 bits per heavy atom. The lowest BCUT2D eigenvalue weighted by Crippen LogP contribution is -2.48. The predicted molar refractivity (Wildman–Crippen MR) is 115 cm³/mol. The molecule has 170 valence electrons. The maximum Gasteiger partial charge on any atom is 0.325 e. The topological polar surface area (TPSA) is 131 Å². The van der Waals surface area contributed by atoms with Crippen LogP contribution in [0.5, 0.6) is 5.75 Å². The average molecular weight is 442 g/mol. The predicted octanol–water partition coefficient (Wildman–Crippen LogP) is 1.66. The zero-order valence-electron chi connectivity index (χ0n) is 17.5. The molecule has 1 unspecified atom stereocenters. The molecular formula is C23H26N2O7. The largest absolute Gasteiger partial charge is 0.494 e. The minimum absolute atomic E-state index is 0.0792. The second kappa shape index (κ2) is 13.4. The van der Waals surface area contributed by atoms with Gasteiger partial charge < -0.3 is 25.2 Å². The van der Waals surface area contributed by atoms with Crippen molar-refractivity contribution < 1.29 is 33.8 Å². The number of rotatable bonds is 13. The van der Waals surface area contributed by atoms with Crippen molar-refractivity contribution >= 4 is 23.8 Å².